The van der Waals surface area contributed by atoms with Crippen molar-refractivity contribution in [3.63, 3.8) is 0 Å². The van der Waals surface area contributed by atoms with Gasteiger partial charge in [-0.25, -0.2) is 8.42 Å². The molecule has 0 aliphatic carbocycles. The van der Waals surface area contributed by atoms with Gasteiger partial charge < -0.3 is 4.90 Å². The monoisotopic (exact) mass is 484 g/mol. The van der Waals surface area contributed by atoms with E-state index in [0.717, 1.165) is 14.7 Å². The molecule has 26 heavy (non-hydrogen) atoms. The van der Waals surface area contributed by atoms with Crippen molar-refractivity contribution in [1.29, 1.82) is 0 Å². The van der Waals surface area contributed by atoms with Gasteiger partial charge in [-0.05, 0) is 66.3 Å². The maximum Gasteiger partial charge on any atom is 0.253 e. The molecule has 1 fully saturated rings. The van der Waals surface area contributed by atoms with Crippen molar-refractivity contribution in [3.05, 3.63) is 62.7 Å². The molecule has 0 atom stereocenters. The fourth-order valence-corrected chi connectivity index (χ4v) is 5.33. The third-order valence-corrected chi connectivity index (χ3v) is 7.28. The highest BCUT2D eigenvalue weighted by Gasteiger charge is 2.31. The summed E-state index contributed by atoms with van der Waals surface area (Å²) >= 11 is 2.18. The lowest BCUT2D eigenvalue weighted by Gasteiger charge is -2.34. The maximum atomic E-state index is 12.9. The van der Waals surface area contributed by atoms with E-state index in [9.17, 15) is 13.2 Å². The van der Waals surface area contributed by atoms with Crippen LogP contribution in [0, 0.1) is 17.4 Å². The van der Waals surface area contributed by atoms with Crippen molar-refractivity contribution in [3.8, 4) is 0 Å². The molecule has 2 aromatic carbocycles. The van der Waals surface area contributed by atoms with Crippen LogP contribution in [0.4, 0.5) is 0 Å². The molecule has 1 heterocycles. The molecule has 1 saturated heterocycles. The molecule has 7 heteroatoms. The molecule has 0 bridgehead atoms. The summed E-state index contributed by atoms with van der Waals surface area (Å²) in [5.74, 6) is -0.0490. The number of hydrogen-bond acceptors (Lipinski definition) is 3. The Morgan fingerprint density at radius 3 is 2.31 bits per heavy atom. The number of nitrogens with zero attached hydrogens (tertiary/aromatic N) is 2. The van der Waals surface area contributed by atoms with E-state index in [4.69, 9.17) is 0 Å². The van der Waals surface area contributed by atoms with E-state index in [1.807, 2.05) is 44.2 Å². The Labute approximate surface area is 168 Å². The standard InChI is InChI=1S/C19H21IN2O3S/c1-14-6-7-18(15(2)12-14)26(24,25)22-10-8-21(9-11-22)19(23)16-4-3-5-17(20)13-16/h3-7,12-13H,8-11H2,1-2H3. The van der Waals surface area contributed by atoms with Crippen molar-refractivity contribution < 1.29 is 13.2 Å². The maximum absolute atomic E-state index is 12.9. The van der Waals surface area contributed by atoms with Crippen LogP contribution in [-0.4, -0.2) is 49.7 Å². The zero-order valence-corrected chi connectivity index (χ0v) is 17.7. The number of amides is 1. The second-order valence-electron chi connectivity index (χ2n) is 6.48. The number of sulfonamides is 1. The molecular formula is C19H21IN2O3S. The van der Waals surface area contributed by atoms with Gasteiger partial charge in [0.15, 0.2) is 0 Å². The molecular weight excluding hydrogens is 463 g/mol. The molecule has 2 aromatic rings. The highest BCUT2D eigenvalue weighted by molar-refractivity contribution is 14.1. The largest absolute Gasteiger partial charge is 0.336 e. The van der Waals surface area contributed by atoms with Gasteiger partial charge in [0.25, 0.3) is 5.91 Å². The summed E-state index contributed by atoms with van der Waals surface area (Å²) in [6, 6.07) is 12.8. The van der Waals surface area contributed by atoms with Gasteiger partial charge in [-0.3, -0.25) is 4.79 Å². The van der Waals surface area contributed by atoms with Crippen LogP contribution >= 0.6 is 22.6 Å². The first-order chi connectivity index (χ1) is 12.3. The number of rotatable bonds is 3. The molecule has 1 aliphatic rings. The number of carbonyl (C=O) groups excluding carboxylic acids is 1. The fraction of sp³-hybridized carbons (Fsp3) is 0.316. The van der Waals surface area contributed by atoms with Crippen LogP contribution in [-0.2, 0) is 10.0 Å². The Balaban J connectivity index is 1.72. The smallest absolute Gasteiger partial charge is 0.253 e. The van der Waals surface area contributed by atoms with E-state index in [1.54, 1.807) is 17.0 Å². The number of benzene rings is 2. The van der Waals surface area contributed by atoms with Crippen molar-refractivity contribution in [2.75, 3.05) is 26.2 Å². The van der Waals surface area contributed by atoms with E-state index in [-0.39, 0.29) is 5.91 Å². The van der Waals surface area contributed by atoms with E-state index in [2.05, 4.69) is 22.6 Å². The molecule has 3 rings (SSSR count). The summed E-state index contributed by atoms with van der Waals surface area (Å²) in [6.07, 6.45) is 0. The summed E-state index contributed by atoms with van der Waals surface area (Å²) < 4.78 is 28.3. The lowest BCUT2D eigenvalue weighted by molar-refractivity contribution is 0.0698. The number of piperazine rings is 1. The normalized spacial score (nSPS) is 15.9. The fourth-order valence-electron chi connectivity index (χ4n) is 3.16. The van der Waals surface area contributed by atoms with Crippen LogP contribution in [0.1, 0.15) is 21.5 Å². The Morgan fingerprint density at radius 1 is 1.00 bits per heavy atom. The van der Waals surface area contributed by atoms with Gasteiger partial charge >= 0.3 is 0 Å². The Morgan fingerprint density at radius 2 is 1.69 bits per heavy atom. The Bertz CT molecular complexity index is 936. The summed E-state index contributed by atoms with van der Waals surface area (Å²) in [5.41, 5.74) is 2.43. The predicted octanol–water partition coefficient (Wildman–Crippen LogP) is 3.05. The first-order valence-electron chi connectivity index (χ1n) is 8.41. The minimum Gasteiger partial charge on any atom is -0.336 e. The van der Waals surface area contributed by atoms with Crippen LogP contribution in [0.15, 0.2) is 47.4 Å². The Kier molecular flexibility index (Phi) is 5.69. The zero-order valence-electron chi connectivity index (χ0n) is 14.8. The topological polar surface area (TPSA) is 57.7 Å². The third kappa shape index (κ3) is 3.94. The Hall–Kier alpha value is -1.45. The molecule has 0 unspecified atom stereocenters. The van der Waals surface area contributed by atoms with Crippen LogP contribution in [0.5, 0.6) is 0 Å². The van der Waals surface area contributed by atoms with Gasteiger partial charge in [0.1, 0.15) is 0 Å². The summed E-state index contributed by atoms with van der Waals surface area (Å²) in [7, 11) is -3.54. The van der Waals surface area contributed by atoms with E-state index in [1.165, 1.54) is 4.31 Å². The minimum atomic E-state index is -3.54. The number of halogens is 1. The van der Waals surface area contributed by atoms with Gasteiger partial charge in [0.05, 0.1) is 4.90 Å². The number of hydrogen-bond donors (Lipinski definition) is 0. The molecule has 1 amide bonds. The average molecular weight is 484 g/mol. The predicted molar refractivity (Wildman–Crippen MR) is 110 cm³/mol. The van der Waals surface area contributed by atoms with Crippen LogP contribution in [0.3, 0.4) is 0 Å². The molecule has 138 valence electrons. The second-order valence-corrected chi connectivity index (χ2v) is 9.63. The van der Waals surface area contributed by atoms with Gasteiger partial charge in [-0.15, -0.1) is 0 Å². The average Bonchev–Trinajstić information content (AvgIpc) is 2.61. The van der Waals surface area contributed by atoms with Gasteiger partial charge in [0, 0.05) is 35.3 Å². The van der Waals surface area contributed by atoms with Crippen molar-refractivity contribution >= 4 is 38.5 Å². The quantitative estimate of drug-likeness (QED) is 0.630. The lowest BCUT2D eigenvalue weighted by atomic mass is 10.2. The van der Waals surface area contributed by atoms with Crippen molar-refractivity contribution in [2.24, 2.45) is 0 Å². The lowest BCUT2D eigenvalue weighted by Crippen LogP contribution is -2.50. The van der Waals surface area contributed by atoms with E-state index >= 15 is 0 Å². The van der Waals surface area contributed by atoms with Crippen LogP contribution in [0.25, 0.3) is 0 Å². The summed E-state index contributed by atoms with van der Waals surface area (Å²) in [5, 5.41) is 0. The van der Waals surface area contributed by atoms with Crippen molar-refractivity contribution in [2.45, 2.75) is 18.7 Å². The minimum absolute atomic E-state index is 0.0490. The first kappa shape index (κ1) is 19.3. The summed E-state index contributed by atoms with van der Waals surface area (Å²) in [6.45, 7) is 5.18. The zero-order chi connectivity index (χ0) is 18.9. The molecule has 1 aliphatic heterocycles. The van der Waals surface area contributed by atoms with Crippen LogP contribution in [0.2, 0.25) is 0 Å². The SMILES string of the molecule is Cc1ccc(S(=O)(=O)N2CCN(C(=O)c3cccc(I)c3)CC2)c(C)c1. The van der Waals surface area contributed by atoms with Gasteiger partial charge in [-0.1, -0.05) is 23.8 Å². The molecule has 0 spiro atoms. The highest BCUT2D eigenvalue weighted by Crippen LogP contribution is 2.22. The molecule has 5 nitrogen and oxygen atoms in total. The molecule has 0 radical (unpaired) electrons. The van der Waals surface area contributed by atoms with Gasteiger partial charge in [0.2, 0.25) is 10.0 Å². The highest BCUT2D eigenvalue weighted by atomic mass is 127. The number of aryl methyl sites for hydroxylation is 2. The molecule has 0 aromatic heterocycles. The summed E-state index contributed by atoms with van der Waals surface area (Å²) in [4.78, 5) is 14.7. The van der Waals surface area contributed by atoms with Gasteiger partial charge in [-0.2, -0.15) is 4.31 Å². The number of carbonyl (C=O) groups is 1. The van der Waals surface area contributed by atoms with Crippen molar-refractivity contribution in [1.82, 2.24) is 9.21 Å². The second kappa shape index (κ2) is 7.66. The van der Waals surface area contributed by atoms with E-state index < -0.39 is 10.0 Å². The van der Waals surface area contributed by atoms with Crippen LogP contribution < -0.4 is 0 Å². The molecule has 0 saturated carbocycles. The first-order valence-corrected chi connectivity index (χ1v) is 10.9. The molecule has 0 N–H and O–H groups in total. The third-order valence-electron chi connectivity index (χ3n) is 4.55. The van der Waals surface area contributed by atoms with E-state index in [0.29, 0.717) is 36.6 Å².